The van der Waals surface area contributed by atoms with Crippen LogP contribution in [0.3, 0.4) is 0 Å². The Morgan fingerprint density at radius 2 is 1.61 bits per heavy atom. The van der Waals surface area contributed by atoms with Crippen LogP contribution in [0.15, 0.2) is 77.7 Å². The van der Waals surface area contributed by atoms with Gasteiger partial charge in [0.15, 0.2) is 0 Å². The monoisotopic (exact) mass is 415 g/mol. The Balaban J connectivity index is 2.15. The first-order valence-electron chi connectivity index (χ1n) is 8.84. The fraction of sp³-hybridized carbons (Fsp3) is 0.182. The van der Waals surface area contributed by atoms with Gasteiger partial charge < -0.3 is 4.74 Å². The number of anilines is 1. The summed E-state index contributed by atoms with van der Waals surface area (Å²) in [6.07, 6.45) is 0. The maximum absolute atomic E-state index is 13.6. The van der Waals surface area contributed by atoms with E-state index in [-0.39, 0.29) is 4.90 Å². The summed E-state index contributed by atoms with van der Waals surface area (Å²) in [5.74, 6) is 0.659. The van der Waals surface area contributed by atoms with E-state index >= 15 is 0 Å². The Bertz CT molecular complexity index is 1050. The Morgan fingerprint density at radius 3 is 2.18 bits per heavy atom. The molecular formula is C22H22ClNO3S. The summed E-state index contributed by atoms with van der Waals surface area (Å²) >= 11 is 6.21. The molecule has 0 amide bonds. The molecule has 0 unspecified atom stereocenters. The molecule has 0 fully saturated rings. The SMILES string of the molecule is COc1ccc(N([C@@H](C)c2ccccc2)S(=O)(=O)c2ccc(C)c(Cl)c2)cc1. The van der Waals surface area contributed by atoms with Crippen molar-refractivity contribution in [2.45, 2.75) is 24.8 Å². The molecule has 4 nitrogen and oxygen atoms in total. The van der Waals surface area contributed by atoms with E-state index in [9.17, 15) is 8.42 Å². The lowest BCUT2D eigenvalue weighted by Gasteiger charge is -2.31. The Kier molecular flexibility index (Phi) is 5.96. The van der Waals surface area contributed by atoms with Crippen LogP contribution < -0.4 is 9.04 Å². The zero-order valence-electron chi connectivity index (χ0n) is 16.0. The van der Waals surface area contributed by atoms with E-state index in [0.29, 0.717) is 16.5 Å². The van der Waals surface area contributed by atoms with Crippen LogP contribution in [0.1, 0.15) is 24.1 Å². The lowest BCUT2D eigenvalue weighted by atomic mass is 10.1. The van der Waals surface area contributed by atoms with Crippen LogP contribution in [0.4, 0.5) is 5.69 Å². The molecule has 6 heteroatoms. The number of benzene rings is 3. The van der Waals surface area contributed by atoms with Gasteiger partial charge in [0.25, 0.3) is 10.0 Å². The molecule has 3 rings (SSSR count). The molecule has 0 bridgehead atoms. The van der Waals surface area contributed by atoms with E-state index in [0.717, 1.165) is 11.1 Å². The second-order valence-electron chi connectivity index (χ2n) is 6.50. The quantitative estimate of drug-likeness (QED) is 0.525. The average molecular weight is 416 g/mol. The molecule has 3 aromatic rings. The number of hydrogen-bond acceptors (Lipinski definition) is 3. The van der Waals surface area contributed by atoms with E-state index in [1.165, 1.54) is 10.4 Å². The first kappa shape index (κ1) is 20.2. The molecule has 1 atom stereocenters. The van der Waals surface area contributed by atoms with Crippen molar-refractivity contribution in [2.24, 2.45) is 0 Å². The molecule has 0 spiro atoms. The van der Waals surface area contributed by atoms with Gasteiger partial charge in [-0.05, 0) is 61.4 Å². The minimum absolute atomic E-state index is 0.154. The third kappa shape index (κ3) is 4.01. The predicted octanol–water partition coefficient (Wildman–Crippen LogP) is 5.61. The van der Waals surface area contributed by atoms with E-state index in [4.69, 9.17) is 16.3 Å². The van der Waals surface area contributed by atoms with Gasteiger partial charge in [0.2, 0.25) is 0 Å². The number of halogens is 1. The highest BCUT2D eigenvalue weighted by Gasteiger charge is 2.30. The smallest absolute Gasteiger partial charge is 0.264 e. The third-order valence-electron chi connectivity index (χ3n) is 4.66. The van der Waals surface area contributed by atoms with Gasteiger partial charge in [-0.3, -0.25) is 4.31 Å². The van der Waals surface area contributed by atoms with E-state index in [1.54, 1.807) is 43.5 Å². The summed E-state index contributed by atoms with van der Waals surface area (Å²) in [5, 5.41) is 0.420. The molecule has 0 N–H and O–H groups in total. The summed E-state index contributed by atoms with van der Waals surface area (Å²) in [7, 11) is -2.28. The molecule has 0 aliphatic carbocycles. The normalized spacial score (nSPS) is 12.4. The molecule has 0 saturated heterocycles. The lowest BCUT2D eigenvalue weighted by Crippen LogP contribution is -2.33. The maximum Gasteiger partial charge on any atom is 0.264 e. The van der Waals surface area contributed by atoms with Crippen LogP contribution >= 0.6 is 11.6 Å². The van der Waals surface area contributed by atoms with Crippen molar-refractivity contribution in [3.8, 4) is 5.75 Å². The van der Waals surface area contributed by atoms with Gasteiger partial charge >= 0.3 is 0 Å². The molecule has 0 aliphatic rings. The minimum atomic E-state index is -3.85. The second kappa shape index (κ2) is 8.25. The predicted molar refractivity (Wildman–Crippen MR) is 114 cm³/mol. The molecular weight excluding hydrogens is 394 g/mol. The summed E-state index contributed by atoms with van der Waals surface area (Å²) in [6.45, 7) is 3.71. The Hall–Kier alpha value is -2.50. The van der Waals surface area contributed by atoms with Gasteiger partial charge in [-0.15, -0.1) is 0 Å². The topological polar surface area (TPSA) is 46.6 Å². The fourth-order valence-electron chi connectivity index (χ4n) is 3.01. The highest BCUT2D eigenvalue weighted by molar-refractivity contribution is 7.92. The van der Waals surface area contributed by atoms with Crippen molar-refractivity contribution in [1.29, 1.82) is 0 Å². The molecule has 0 heterocycles. The van der Waals surface area contributed by atoms with Gasteiger partial charge in [-0.1, -0.05) is 48.0 Å². The second-order valence-corrected chi connectivity index (χ2v) is 8.72. The zero-order valence-corrected chi connectivity index (χ0v) is 17.5. The number of aryl methyl sites for hydroxylation is 1. The van der Waals surface area contributed by atoms with Crippen molar-refractivity contribution in [3.05, 3.63) is 88.9 Å². The molecule has 3 aromatic carbocycles. The fourth-order valence-corrected chi connectivity index (χ4v) is 4.93. The van der Waals surface area contributed by atoms with Crippen molar-refractivity contribution in [1.82, 2.24) is 0 Å². The molecule has 0 radical (unpaired) electrons. The first-order chi connectivity index (χ1) is 13.3. The molecule has 0 aromatic heterocycles. The Labute approximate surface area is 171 Å². The van der Waals surface area contributed by atoms with Crippen LogP contribution in [-0.2, 0) is 10.0 Å². The van der Waals surface area contributed by atoms with Gasteiger partial charge in [-0.2, -0.15) is 0 Å². The van der Waals surface area contributed by atoms with Crippen LogP contribution in [0.2, 0.25) is 5.02 Å². The summed E-state index contributed by atoms with van der Waals surface area (Å²) < 4.78 is 33.8. The lowest BCUT2D eigenvalue weighted by molar-refractivity contribution is 0.415. The number of sulfonamides is 1. The highest BCUT2D eigenvalue weighted by atomic mass is 35.5. The zero-order chi connectivity index (χ0) is 20.3. The van der Waals surface area contributed by atoms with Gasteiger partial charge in [0.05, 0.1) is 23.7 Å². The molecule has 146 valence electrons. The van der Waals surface area contributed by atoms with Crippen molar-refractivity contribution in [3.63, 3.8) is 0 Å². The van der Waals surface area contributed by atoms with E-state index < -0.39 is 16.1 Å². The maximum atomic E-state index is 13.6. The van der Waals surface area contributed by atoms with E-state index in [1.807, 2.05) is 44.2 Å². The molecule has 0 aliphatic heterocycles. The summed E-state index contributed by atoms with van der Waals surface area (Å²) in [5.41, 5.74) is 2.27. The largest absolute Gasteiger partial charge is 0.497 e. The van der Waals surface area contributed by atoms with Crippen LogP contribution in [0, 0.1) is 6.92 Å². The summed E-state index contributed by atoms with van der Waals surface area (Å²) in [6, 6.07) is 20.9. The van der Waals surface area contributed by atoms with Crippen LogP contribution in [0.5, 0.6) is 5.75 Å². The Morgan fingerprint density at radius 1 is 0.964 bits per heavy atom. The first-order valence-corrected chi connectivity index (χ1v) is 10.7. The number of rotatable bonds is 6. The van der Waals surface area contributed by atoms with Crippen molar-refractivity contribution in [2.75, 3.05) is 11.4 Å². The summed E-state index contributed by atoms with van der Waals surface area (Å²) in [4.78, 5) is 0.154. The van der Waals surface area contributed by atoms with Crippen LogP contribution in [-0.4, -0.2) is 15.5 Å². The third-order valence-corrected chi connectivity index (χ3v) is 6.96. The number of methoxy groups -OCH3 is 1. The van der Waals surface area contributed by atoms with Crippen molar-refractivity contribution < 1.29 is 13.2 Å². The average Bonchev–Trinajstić information content (AvgIpc) is 2.71. The van der Waals surface area contributed by atoms with Gasteiger partial charge in [0.1, 0.15) is 5.75 Å². The van der Waals surface area contributed by atoms with E-state index in [2.05, 4.69) is 0 Å². The molecule has 28 heavy (non-hydrogen) atoms. The van der Waals surface area contributed by atoms with Gasteiger partial charge in [0, 0.05) is 5.02 Å². The number of ether oxygens (including phenoxy) is 1. The standard InChI is InChI=1S/C22H22ClNO3S/c1-16-9-14-21(15-22(16)23)28(25,26)24(17(2)18-7-5-4-6-8-18)19-10-12-20(27-3)13-11-19/h4-15,17H,1-3H3/t17-/m0/s1. The van der Waals surface area contributed by atoms with Crippen molar-refractivity contribution >= 4 is 27.3 Å². The highest BCUT2D eigenvalue weighted by Crippen LogP contribution is 2.35. The minimum Gasteiger partial charge on any atom is -0.497 e. The molecule has 0 saturated carbocycles. The number of nitrogens with zero attached hydrogens (tertiary/aromatic N) is 1. The van der Waals surface area contributed by atoms with Crippen LogP contribution in [0.25, 0.3) is 0 Å². The number of hydrogen-bond donors (Lipinski definition) is 0. The van der Waals surface area contributed by atoms with Gasteiger partial charge in [-0.25, -0.2) is 8.42 Å².